The van der Waals surface area contributed by atoms with E-state index in [1.165, 1.54) is 58.7 Å². The highest BCUT2D eigenvalue weighted by Crippen LogP contribution is 2.57. The zero-order valence-electron chi connectivity index (χ0n) is 41.0. The van der Waals surface area contributed by atoms with Crippen molar-refractivity contribution in [3.63, 3.8) is 0 Å². The Balaban J connectivity index is 0.000000137. The summed E-state index contributed by atoms with van der Waals surface area (Å²) in [7, 11) is 0. The SMILES string of the molecule is O=C1[C@@H]2[C@@H]3CC[C@@H](C3)[C@@H]2C(=O)N1C[C@@H]1CCCC[C@H]1CN1CCN(c2nsc3ccccc23)CC1.O=C1[C@@H]2[C@@H]3CC[C@@H](C3)[C@@H]2C(=O)N1C[C@H]1CCCC[C@@H]1CN1CCN(c2nsc3ccccc23)CC1. The number of amides is 4. The monoisotopic (exact) mass is 985 g/mol. The molecule has 4 saturated heterocycles. The van der Waals surface area contributed by atoms with Crippen molar-refractivity contribution in [2.24, 2.45) is 71.0 Å². The molecule has 0 unspecified atom stereocenters. The molecule has 70 heavy (non-hydrogen) atoms. The second-order valence-corrected chi connectivity index (χ2v) is 25.1. The predicted molar refractivity (Wildman–Crippen MR) is 277 cm³/mol. The molecule has 4 bridgehead atoms. The Morgan fingerprint density at radius 3 is 1.10 bits per heavy atom. The molecule has 12 nitrogen and oxygen atoms in total. The first-order chi connectivity index (χ1) is 34.3. The highest BCUT2D eigenvalue weighted by Gasteiger charge is 2.62. The fourth-order valence-corrected chi connectivity index (χ4v) is 18.0. The van der Waals surface area contributed by atoms with E-state index in [9.17, 15) is 19.2 Å². The van der Waals surface area contributed by atoms with Gasteiger partial charge in [-0.25, -0.2) is 0 Å². The van der Waals surface area contributed by atoms with Crippen molar-refractivity contribution in [3.8, 4) is 0 Å². The van der Waals surface area contributed by atoms with Gasteiger partial charge in [0.2, 0.25) is 23.6 Å². The maximum Gasteiger partial charge on any atom is 0.233 e. The number of fused-ring (bicyclic) bond motifs is 12. The van der Waals surface area contributed by atoms with E-state index in [2.05, 4.69) is 68.1 Å². The van der Waals surface area contributed by atoms with Crippen LogP contribution in [0.4, 0.5) is 11.6 Å². The van der Waals surface area contributed by atoms with Crippen LogP contribution in [0, 0.1) is 71.0 Å². The van der Waals surface area contributed by atoms with E-state index >= 15 is 0 Å². The van der Waals surface area contributed by atoms with Gasteiger partial charge in [0.25, 0.3) is 0 Å². The second-order valence-electron chi connectivity index (χ2n) is 23.5. The number of hydrogen-bond donors (Lipinski definition) is 0. The van der Waals surface area contributed by atoms with Crippen molar-refractivity contribution in [2.45, 2.75) is 89.9 Å². The van der Waals surface area contributed by atoms with Crippen molar-refractivity contribution in [1.82, 2.24) is 28.3 Å². The van der Waals surface area contributed by atoms with Gasteiger partial charge in [-0.1, -0.05) is 49.9 Å². The Morgan fingerprint density at radius 2 is 0.743 bits per heavy atom. The Bertz CT molecular complexity index is 2370. The molecule has 6 saturated carbocycles. The molecule has 12 atom stereocenters. The summed E-state index contributed by atoms with van der Waals surface area (Å²) in [5.74, 6) is 7.18. The molecular weight excluding hydrogens is 913 g/mol. The maximum atomic E-state index is 13.3. The van der Waals surface area contributed by atoms with Gasteiger partial charge >= 0.3 is 0 Å². The molecule has 4 amide bonds. The van der Waals surface area contributed by atoms with Crippen LogP contribution in [0.3, 0.4) is 0 Å². The largest absolute Gasteiger partial charge is 0.353 e. The Kier molecular flexibility index (Phi) is 12.5. The Hall–Kier alpha value is -3.98. The minimum atomic E-state index is 0.0261. The number of nitrogens with zero attached hydrogens (tertiary/aromatic N) is 8. The molecule has 10 fully saturated rings. The van der Waals surface area contributed by atoms with Crippen LogP contribution in [0.25, 0.3) is 20.2 Å². The summed E-state index contributed by atoms with van der Waals surface area (Å²) in [6, 6.07) is 17.1. The zero-order valence-corrected chi connectivity index (χ0v) is 42.6. The van der Waals surface area contributed by atoms with Crippen LogP contribution in [0.15, 0.2) is 48.5 Å². The third kappa shape index (κ3) is 8.21. The van der Waals surface area contributed by atoms with Crippen LogP contribution in [-0.4, -0.2) is 131 Å². The number of piperazine rings is 2. The van der Waals surface area contributed by atoms with Gasteiger partial charge in [-0.05, 0) is 159 Å². The van der Waals surface area contributed by atoms with Crippen LogP contribution in [-0.2, 0) is 19.2 Å². The molecule has 6 heterocycles. The first kappa shape index (κ1) is 45.9. The maximum absolute atomic E-state index is 13.3. The van der Waals surface area contributed by atoms with Crippen molar-refractivity contribution < 1.29 is 19.2 Å². The molecular formula is C56H72N8O4S2. The van der Waals surface area contributed by atoms with Crippen molar-refractivity contribution in [3.05, 3.63) is 48.5 Å². The van der Waals surface area contributed by atoms with Gasteiger partial charge in [-0.2, -0.15) is 8.75 Å². The number of carbonyl (C=O) groups excluding carboxylic acids is 4. The molecule has 0 spiro atoms. The molecule has 0 radical (unpaired) electrons. The number of aromatic nitrogens is 2. The molecule has 6 aliphatic carbocycles. The second kappa shape index (κ2) is 19.1. The van der Waals surface area contributed by atoms with E-state index in [1.54, 1.807) is 32.9 Å². The molecule has 14 rings (SSSR count). The number of rotatable bonds is 10. The quantitative estimate of drug-likeness (QED) is 0.144. The van der Waals surface area contributed by atoms with Crippen molar-refractivity contribution in [2.75, 3.05) is 88.3 Å². The summed E-state index contributed by atoms with van der Waals surface area (Å²) >= 11 is 3.20. The molecule has 4 aliphatic heterocycles. The normalized spacial score (nSPS) is 35.4. The molecule has 14 heteroatoms. The van der Waals surface area contributed by atoms with Gasteiger partial charge in [0.15, 0.2) is 0 Å². The fourth-order valence-electron chi connectivity index (χ4n) is 16.4. The van der Waals surface area contributed by atoms with Gasteiger partial charge in [0.05, 0.1) is 33.1 Å². The number of likely N-dealkylation sites (tertiary alicyclic amines) is 2. The van der Waals surface area contributed by atoms with Crippen LogP contribution in [0.1, 0.15) is 89.9 Å². The van der Waals surface area contributed by atoms with Gasteiger partial charge in [-0.15, -0.1) is 0 Å². The van der Waals surface area contributed by atoms with Crippen molar-refractivity contribution >= 4 is 78.5 Å². The third-order valence-electron chi connectivity index (χ3n) is 20.1. The van der Waals surface area contributed by atoms with Gasteiger partial charge in [0.1, 0.15) is 11.6 Å². The standard InChI is InChI=1S/2C28H36N4O2S/c2*33-27-24-18-9-10-19(15-18)25(24)28(34)32(27)17-21-6-2-1-5-20(21)16-30-11-13-31(14-12-30)26-22-7-3-4-8-23(22)35-29-26/h2*3-4,7-8,18-21,24-25H,1-2,5-6,9-17H2/t2*18-,19+,20-,21-,24-,25+/m10/s1. The fraction of sp³-hybridized carbons (Fsp3) is 0.679. The molecule has 372 valence electrons. The molecule has 2 aromatic heterocycles. The first-order valence-corrected chi connectivity index (χ1v) is 29.2. The minimum absolute atomic E-state index is 0.0261. The Labute approximate surface area is 421 Å². The summed E-state index contributed by atoms with van der Waals surface area (Å²) in [5, 5.41) is 2.55. The summed E-state index contributed by atoms with van der Waals surface area (Å²) in [6.45, 7) is 11.9. The lowest BCUT2D eigenvalue weighted by Crippen LogP contribution is -2.49. The zero-order chi connectivity index (χ0) is 47.0. The lowest BCUT2D eigenvalue weighted by Gasteiger charge is -2.40. The van der Waals surface area contributed by atoms with Crippen LogP contribution < -0.4 is 9.80 Å². The van der Waals surface area contributed by atoms with Crippen LogP contribution >= 0.6 is 23.1 Å². The summed E-state index contributed by atoms with van der Waals surface area (Å²) in [5.41, 5.74) is 0. The lowest BCUT2D eigenvalue weighted by atomic mass is 9.78. The topological polar surface area (TPSA) is 114 Å². The van der Waals surface area contributed by atoms with Gasteiger partial charge in [-0.3, -0.25) is 38.8 Å². The highest BCUT2D eigenvalue weighted by atomic mass is 32.1. The van der Waals surface area contributed by atoms with E-state index in [0.29, 0.717) is 60.4 Å². The average Bonchev–Trinajstić information content (AvgIpc) is 4.29. The first-order valence-electron chi connectivity index (χ1n) is 27.7. The van der Waals surface area contributed by atoms with E-state index in [1.807, 2.05) is 0 Å². The molecule has 4 aromatic rings. The summed E-state index contributed by atoms with van der Waals surface area (Å²) in [6.07, 6.45) is 16.7. The summed E-state index contributed by atoms with van der Waals surface area (Å²) < 4.78 is 12.0. The van der Waals surface area contributed by atoms with Crippen LogP contribution in [0.2, 0.25) is 0 Å². The number of imide groups is 2. The molecule has 0 N–H and O–H groups in total. The molecule has 2 aromatic carbocycles. The molecule has 10 aliphatic rings. The third-order valence-corrected chi connectivity index (χ3v) is 21.7. The van der Waals surface area contributed by atoms with E-state index in [-0.39, 0.29) is 47.3 Å². The number of hydrogen-bond acceptors (Lipinski definition) is 12. The average molecular weight is 985 g/mol. The van der Waals surface area contributed by atoms with E-state index < -0.39 is 0 Å². The number of carbonyl (C=O) groups is 4. The smallest absolute Gasteiger partial charge is 0.233 e. The lowest BCUT2D eigenvalue weighted by molar-refractivity contribution is -0.143. The van der Waals surface area contributed by atoms with Gasteiger partial charge in [0, 0.05) is 89.3 Å². The van der Waals surface area contributed by atoms with Crippen molar-refractivity contribution in [1.29, 1.82) is 0 Å². The van der Waals surface area contributed by atoms with Crippen LogP contribution in [0.5, 0.6) is 0 Å². The predicted octanol–water partition coefficient (Wildman–Crippen LogP) is 8.51. The highest BCUT2D eigenvalue weighted by molar-refractivity contribution is 7.14. The Morgan fingerprint density at radius 1 is 0.414 bits per heavy atom. The minimum Gasteiger partial charge on any atom is -0.353 e. The number of anilines is 2. The van der Waals surface area contributed by atoms with E-state index in [4.69, 9.17) is 8.75 Å². The van der Waals surface area contributed by atoms with E-state index in [0.717, 1.165) is 128 Å². The van der Waals surface area contributed by atoms with Gasteiger partial charge < -0.3 is 9.80 Å². The number of benzene rings is 2. The summed E-state index contributed by atoms with van der Waals surface area (Å²) in [4.78, 5) is 66.7.